The van der Waals surface area contributed by atoms with Gasteiger partial charge in [0.1, 0.15) is 5.65 Å². The maximum atomic E-state index is 4.83. The summed E-state index contributed by atoms with van der Waals surface area (Å²) in [6.07, 6.45) is 5.47. The van der Waals surface area contributed by atoms with Crippen LogP contribution in [0.1, 0.15) is 32.6 Å². The molecule has 0 N–H and O–H groups in total. The molecule has 3 nitrogen and oxygen atoms in total. The summed E-state index contributed by atoms with van der Waals surface area (Å²) in [7, 11) is 0. The summed E-state index contributed by atoms with van der Waals surface area (Å²) in [5.41, 5.74) is 4.92. The highest BCUT2D eigenvalue weighted by Gasteiger charge is 2.30. The van der Waals surface area contributed by atoms with Crippen molar-refractivity contribution in [1.29, 1.82) is 0 Å². The van der Waals surface area contributed by atoms with Gasteiger partial charge in [0, 0.05) is 35.2 Å². The van der Waals surface area contributed by atoms with Gasteiger partial charge in [0.25, 0.3) is 0 Å². The first kappa shape index (κ1) is 15.3. The molecule has 0 radical (unpaired) electrons. The van der Waals surface area contributed by atoms with Crippen molar-refractivity contribution in [3.8, 4) is 0 Å². The highest BCUT2D eigenvalue weighted by atomic mass is 32.1. The molecular weight excluding hydrogens is 346 g/mol. The van der Waals surface area contributed by atoms with Crippen LogP contribution in [0.3, 0.4) is 0 Å². The van der Waals surface area contributed by atoms with Gasteiger partial charge in [-0.2, -0.15) is 0 Å². The summed E-state index contributed by atoms with van der Waals surface area (Å²) >= 11 is 3.75. The summed E-state index contributed by atoms with van der Waals surface area (Å²) in [5, 5.41) is 4.42. The van der Waals surface area contributed by atoms with Crippen molar-refractivity contribution in [1.82, 2.24) is 14.3 Å². The fourth-order valence-corrected chi connectivity index (χ4v) is 5.54. The van der Waals surface area contributed by atoms with E-state index in [-0.39, 0.29) is 0 Å². The summed E-state index contributed by atoms with van der Waals surface area (Å²) in [4.78, 5) is 10.4. The van der Waals surface area contributed by atoms with Crippen LogP contribution < -0.4 is 0 Å². The topological polar surface area (TPSA) is 20.5 Å². The van der Waals surface area contributed by atoms with Crippen LogP contribution in [0.5, 0.6) is 0 Å². The number of fused-ring (bicyclic) bond motifs is 2. The lowest BCUT2D eigenvalue weighted by Crippen LogP contribution is -2.34. The number of imidazole rings is 1. The van der Waals surface area contributed by atoms with E-state index in [0.717, 1.165) is 30.9 Å². The first-order valence-electron chi connectivity index (χ1n) is 8.56. The Morgan fingerprint density at radius 1 is 1.12 bits per heavy atom. The quantitative estimate of drug-likeness (QED) is 0.514. The third-order valence-electron chi connectivity index (χ3n) is 4.89. The minimum atomic E-state index is 0.363. The van der Waals surface area contributed by atoms with Crippen molar-refractivity contribution in [3.05, 3.63) is 80.1 Å². The fourth-order valence-electron chi connectivity index (χ4n) is 3.76. The molecular formula is C20H19N3S2. The number of aryl methyl sites for hydroxylation is 1. The van der Waals surface area contributed by atoms with Crippen molar-refractivity contribution >= 4 is 28.3 Å². The van der Waals surface area contributed by atoms with Gasteiger partial charge in [-0.3, -0.25) is 4.90 Å². The molecule has 1 unspecified atom stereocenters. The van der Waals surface area contributed by atoms with Gasteiger partial charge in [-0.25, -0.2) is 4.98 Å². The molecule has 0 saturated heterocycles. The largest absolute Gasteiger partial charge is 0.307 e. The predicted molar refractivity (Wildman–Crippen MR) is 105 cm³/mol. The van der Waals surface area contributed by atoms with Crippen molar-refractivity contribution in [2.75, 3.05) is 6.54 Å². The summed E-state index contributed by atoms with van der Waals surface area (Å²) < 4.78 is 2.14. The Morgan fingerprint density at radius 3 is 2.96 bits per heavy atom. The van der Waals surface area contributed by atoms with Crippen LogP contribution in [0, 0.1) is 6.92 Å². The second kappa shape index (κ2) is 6.09. The molecule has 25 heavy (non-hydrogen) atoms. The summed E-state index contributed by atoms with van der Waals surface area (Å²) in [6, 6.07) is 11.3. The highest BCUT2D eigenvalue weighted by molar-refractivity contribution is 7.10. The van der Waals surface area contributed by atoms with Gasteiger partial charge >= 0.3 is 0 Å². The number of hydrogen-bond donors (Lipinski definition) is 0. The van der Waals surface area contributed by atoms with E-state index in [1.54, 1.807) is 4.88 Å². The average molecular weight is 366 g/mol. The third-order valence-corrected chi connectivity index (χ3v) is 6.81. The van der Waals surface area contributed by atoms with E-state index in [0.29, 0.717) is 6.04 Å². The van der Waals surface area contributed by atoms with E-state index < -0.39 is 0 Å². The molecule has 0 bridgehead atoms. The number of aromatic nitrogens is 2. The van der Waals surface area contributed by atoms with Crippen LogP contribution in [0.4, 0.5) is 0 Å². The zero-order valence-electron chi connectivity index (χ0n) is 14.1. The fraction of sp³-hybridized carbons (Fsp3) is 0.250. The monoisotopic (exact) mass is 365 g/mol. The van der Waals surface area contributed by atoms with Crippen LogP contribution in [-0.2, 0) is 13.0 Å². The maximum Gasteiger partial charge on any atom is 0.137 e. The number of nitrogens with zero attached hydrogens (tertiary/aromatic N) is 3. The van der Waals surface area contributed by atoms with E-state index in [1.807, 2.05) is 22.7 Å². The lowest BCUT2D eigenvalue weighted by atomic mass is 9.98. The molecule has 4 aromatic rings. The molecule has 0 aromatic carbocycles. The normalized spacial score (nSPS) is 17.9. The summed E-state index contributed by atoms with van der Waals surface area (Å²) in [5.74, 6) is 0. The van der Waals surface area contributed by atoms with E-state index in [4.69, 9.17) is 4.98 Å². The van der Waals surface area contributed by atoms with Gasteiger partial charge in [-0.1, -0.05) is 12.1 Å². The van der Waals surface area contributed by atoms with E-state index in [9.17, 15) is 0 Å². The molecule has 0 spiro atoms. The van der Waals surface area contributed by atoms with Gasteiger partial charge in [-0.05, 0) is 53.4 Å². The standard InChI is InChI=1S/C20H19N3S2/c1-14-4-5-19-21-15(13-23(19)11-14)12-22-8-6-17-16(7-10-25-17)20(22)18-3-2-9-24-18/h2-5,7,9-11,13,20H,6,8,12H2,1H3. The van der Waals surface area contributed by atoms with Crippen LogP contribution in [-0.4, -0.2) is 20.8 Å². The van der Waals surface area contributed by atoms with Gasteiger partial charge in [-0.15, -0.1) is 22.7 Å². The highest BCUT2D eigenvalue weighted by Crippen LogP contribution is 2.40. The van der Waals surface area contributed by atoms with Gasteiger partial charge in [0.05, 0.1) is 11.7 Å². The molecule has 1 atom stereocenters. The van der Waals surface area contributed by atoms with E-state index >= 15 is 0 Å². The summed E-state index contributed by atoms with van der Waals surface area (Å²) in [6.45, 7) is 4.09. The van der Waals surface area contributed by atoms with Crippen molar-refractivity contribution < 1.29 is 0 Å². The molecule has 1 aliphatic heterocycles. The van der Waals surface area contributed by atoms with Crippen molar-refractivity contribution in [3.63, 3.8) is 0 Å². The smallest absolute Gasteiger partial charge is 0.137 e. The van der Waals surface area contributed by atoms with Crippen LogP contribution in [0.2, 0.25) is 0 Å². The van der Waals surface area contributed by atoms with E-state index in [1.165, 1.54) is 16.0 Å². The Balaban J connectivity index is 1.51. The molecule has 0 aliphatic carbocycles. The first-order chi connectivity index (χ1) is 12.3. The van der Waals surface area contributed by atoms with Crippen LogP contribution in [0.25, 0.3) is 5.65 Å². The minimum Gasteiger partial charge on any atom is -0.307 e. The Kier molecular flexibility index (Phi) is 3.73. The molecule has 5 rings (SSSR count). The second-order valence-corrected chi connectivity index (χ2v) is 8.62. The Bertz CT molecular complexity index is 1010. The first-order valence-corrected chi connectivity index (χ1v) is 10.3. The number of pyridine rings is 1. The van der Waals surface area contributed by atoms with Crippen LogP contribution in [0.15, 0.2) is 53.5 Å². The molecule has 126 valence electrons. The molecule has 1 aliphatic rings. The number of thiophene rings is 2. The van der Waals surface area contributed by atoms with Crippen molar-refractivity contribution in [2.24, 2.45) is 0 Å². The van der Waals surface area contributed by atoms with Gasteiger partial charge in [0.15, 0.2) is 0 Å². The molecule has 0 amide bonds. The Hall–Kier alpha value is -1.95. The predicted octanol–water partition coefficient (Wildman–Crippen LogP) is 4.91. The third kappa shape index (κ3) is 2.72. The molecule has 4 aromatic heterocycles. The SMILES string of the molecule is Cc1ccc2nc(CN3CCc4sccc4C3c3cccs3)cn2c1. The van der Waals surface area contributed by atoms with Gasteiger partial charge < -0.3 is 4.40 Å². The second-order valence-electron chi connectivity index (χ2n) is 6.64. The Labute approximate surface area is 155 Å². The van der Waals surface area contributed by atoms with E-state index in [2.05, 4.69) is 69.7 Å². The van der Waals surface area contributed by atoms with Crippen molar-refractivity contribution in [2.45, 2.75) is 25.9 Å². The Morgan fingerprint density at radius 2 is 2.08 bits per heavy atom. The molecule has 5 heteroatoms. The zero-order valence-corrected chi connectivity index (χ0v) is 15.7. The minimum absolute atomic E-state index is 0.363. The zero-order chi connectivity index (χ0) is 16.8. The average Bonchev–Trinajstić information content (AvgIpc) is 3.34. The lowest BCUT2D eigenvalue weighted by molar-refractivity contribution is 0.207. The number of hydrogen-bond acceptors (Lipinski definition) is 4. The maximum absolute atomic E-state index is 4.83. The van der Waals surface area contributed by atoms with Crippen LogP contribution >= 0.6 is 22.7 Å². The lowest BCUT2D eigenvalue weighted by Gasteiger charge is -2.34. The molecule has 0 saturated carbocycles. The molecule has 5 heterocycles. The van der Waals surface area contributed by atoms with Gasteiger partial charge in [0.2, 0.25) is 0 Å². The molecule has 0 fully saturated rings. The number of rotatable bonds is 3.